The van der Waals surface area contributed by atoms with E-state index >= 15 is 4.21 Å². The summed E-state index contributed by atoms with van der Waals surface area (Å²) in [6.45, 7) is 7.78. The standard InChI is InChI=1S/C71H109N13O26S2/c1-5-43(2)62-68(98)76-37-58(91)77-51-42-112(101)70-47(35-49(65(95)75-38-59(92)80-62)78-69(99)63(44(3)53(87)40-85)81-67(97)52-34-45(86)39-84(52)71(100)50(36-55(72)88)79-66(51)96)46-8-9-54(102-4)48(64(46)82-70)41-111-33-7-6-14-73-57(90)13-17-103-19-21-105-23-25-107-27-29-109-31-32-110-30-28-108-26-24-106-22-20-104-18-15-74-56(89)12-16-83-60(93)10-11-61(83)94/h8-11,43-45,49-53,62-63,82,85-87H,5-7,12-42H2,1-4H3,(H2,72,88)(H,73,90)(H,74,89)(H,75,95)(H,76,98)(H,77,91)(H,78,99)(H,79,96)(H,80,92)(H,81,97)/t43-,44-,45+,49-,50-,51+,52-,53-,62-,63-,112?/m0/s1. The highest BCUT2D eigenvalue weighted by molar-refractivity contribution is 7.98. The van der Waals surface area contributed by atoms with E-state index in [-0.39, 0.29) is 73.9 Å². The Kier molecular flexibility index (Phi) is 41.3. The van der Waals surface area contributed by atoms with Crippen molar-refractivity contribution < 1.29 is 124 Å². The number of nitrogens with one attached hydrogen (secondary N) is 10. The van der Waals surface area contributed by atoms with Crippen LogP contribution in [0.1, 0.15) is 76.8 Å². The summed E-state index contributed by atoms with van der Waals surface area (Å²) in [5.41, 5.74) is 6.58. The number of aromatic nitrogens is 1. The summed E-state index contributed by atoms with van der Waals surface area (Å²) >= 11 is 1.49. The zero-order valence-electron chi connectivity index (χ0n) is 63.6. The SMILES string of the molecule is CC[C@H](C)[C@@H]1NC(=O)CNC(=O)[C@@H]2Cc3c([nH]c4c(CSCCCCNC(=O)CCOCCOCCOCCOCCOCCOCCOCCOCCNC(=O)CCN5C(=O)C=CC5=O)c(OC)ccc34)S(=O)C[C@@H](NC(=O)CNC1=O)C(=O)N[C@@H](CC(N)=O)C(=O)N1C[C@H](O)C[C@H]1C(=O)N[C@@H]([C@@H](C)[C@@H](O)CO)C(=O)N2. The first-order valence-electron chi connectivity index (χ1n) is 37.3. The maximum Gasteiger partial charge on any atom is 0.253 e. The van der Waals surface area contributed by atoms with Gasteiger partial charge in [-0.1, -0.05) is 27.2 Å². The second kappa shape index (κ2) is 50.0. The number of hydrogen-bond donors (Lipinski definition) is 14. The smallest absolute Gasteiger partial charge is 0.253 e. The van der Waals surface area contributed by atoms with Gasteiger partial charge in [0.25, 0.3) is 11.8 Å². The van der Waals surface area contributed by atoms with Gasteiger partial charge < -0.3 is 121 Å². The fourth-order valence-corrected chi connectivity index (χ4v) is 14.4. The molecule has 626 valence electrons. The Morgan fingerprint density at radius 1 is 0.661 bits per heavy atom. The van der Waals surface area contributed by atoms with Gasteiger partial charge in [-0.2, -0.15) is 11.8 Å². The molecule has 1 fully saturated rings. The number of nitrogens with zero attached hydrogens (tertiary/aromatic N) is 2. The van der Waals surface area contributed by atoms with Crippen LogP contribution in [0, 0.1) is 11.8 Å². The van der Waals surface area contributed by atoms with Crippen LogP contribution in [0.5, 0.6) is 5.75 Å². The van der Waals surface area contributed by atoms with Crippen LogP contribution >= 0.6 is 11.8 Å². The Morgan fingerprint density at radius 2 is 1.22 bits per heavy atom. The zero-order valence-corrected chi connectivity index (χ0v) is 65.3. The van der Waals surface area contributed by atoms with Crippen LogP contribution in [0.2, 0.25) is 0 Å². The number of ether oxygens (including phenoxy) is 9. The normalized spacial score (nSPS) is 21.9. The number of thioether (sulfide) groups is 1. The molecule has 4 aliphatic heterocycles. The van der Waals surface area contributed by atoms with E-state index in [1.165, 1.54) is 37.9 Å². The third-order valence-electron chi connectivity index (χ3n) is 18.4. The molecular weight excluding hydrogens is 1510 g/mol. The van der Waals surface area contributed by atoms with Crippen molar-refractivity contribution in [3.63, 3.8) is 0 Å². The number of aliphatic hydroxyl groups is 3. The second-order valence-electron chi connectivity index (χ2n) is 26.6. The molecule has 5 heterocycles. The van der Waals surface area contributed by atoms with Crippen molar-refractivity contribution >= 4 is 110 Å². The topological polar surface area (TPSA) is 539 Å². The molecule has 2 bridgehead atoms. The number of fused-ring (bicyclic) bond motifs is 5. The van der Waals surface area contributed by atoms with Gasteiger partial charge in [-0.25, -0.2) is 0 Å². The molecule has 112 heavy (non-hydrogen) atoms. The lowest BCUT2D eigenvalue weighted by Gasteiger charge is -2.32. The van der Waals surface area contributed by atoms with Crippen molar-refractivity contribution in [2.24, 2.45) is 17.6 Å². The van der Waals surface area contributed by atoms with Crippen molar-refractivity contribution in [3.05, 3.63) is 35.4 Å². The molecule has 1 aromatic carbocycles. The molecule has 39 nitrogen and oxygen atoms in total. The number of aliphatic hydroxyl groups excluding tert-OH is 3. The lowest BCUT2D eigenvalue weighted by Crippen LogP contribution is -2.62. The molecule has 1 aromatic heterocycles. The Balaban J connectivity index is 0.967. The molecule has 2 aromatic rings. The molecule has 0 radical (unpaired) electrons. The summed E-state index contributed by atoms with van der Waals surface area (Å²) in [5.74, 6) is -12.2. The first kappa shape index (κ1) is 92.5. The molecule has 1 saturated heterocycles. The number of amides is 13. The number of primary amides is 1. The van der Waals surface area contributed by atoms with Crippen LogP contribution in [0.4, 0.5) is 0 Å². The van der Waals surface area contributed by atoms with Gasteiger partial charge >= 0.3 is 0 Å². The van der Waals surface area contributed by atoms with Crippen LogP contribution < -0.4 is 58.3 Å². The minimum Gasteiger partial charge on any atom is -0.496 e. The Labute approximate surface area is 654 Å². The number of nitrogens with two attached hydrogens (primary N) is 1. The summed E-state index contributed by atoms with van der Waals surface area (Å²) < 4.78 is 65.3. The van der Waals surface area contributed by atoms with Gasteiger partial charge in [0.05, 0.1) is 173 Å². The van der Waals surface area contributed by atoms with Crippen LogP contribution in [0.25, 0.3) is 10.9 Å². The number of imide groups is 1. The number of H-pyrrole nitrogens is 1. The summed E-state index contributed by atoms with van der Waals surface area (Å²) in [6.07, 6.45) is -0.879. The van der Waals surface area contributed by atoms with Crippen LogP contribution in [-0.2, 0) is 123 Å². The Bertz CT molecular complexity index is 3520. The third kappa shape index (κ3) is 30.9. The average molecular weight is 1620 g/mol. The highest BCUT2D eigenvalue weighted by Gasteiger charge is 2.45. The van der Waals surface area contributed by atoms with Gasteiger partial charge in [-0.3, -0.25) is 71.4 Å². The van der Waals surface area contributed by atoms with E-state index in [9.17, 15) is 77.6 Å². The molecule has 4 aliphatic rings. The van der Waals surface area contributed by atoms with Crippen LogP contribution in [0.3, 0.4) is 0 Å². The molecule has 13 amide bonds. The largest absolute Gasteiger partial charge is 0.496 e. The molecular formula is C71H109N13O26S2. The fraction of sp³-hybridized carbons (Fsp3) is 0.676. The molecule has 0 aliphatic carbocycles. The molecule has 0 spiro atoms. The summed E-state index contributed by atoms with van der Waals surface area (Å²) in [7, 11) is -1.03. The monoisotopic (exact) mass is 1620 g/mol. The van der Waals surface area contributed by atoms with Crippen molar-refractivity contribution in [2.75, 3.05) is 170 Å². The lowest BCUT2D eigenvalue weighted by molar-refractivity contribution is -0.144. The highest BCUT2D eigenvalue weighted by atomic mass is 32.2. The van der Waals surface area contributed by atoms with E-state index in [4.69, 9.17) is 48.4 Å². The van der Waals surface area contributed by atoms with Gasteiger partial charge in [-0.05, 0) is 42.2 Å². The lowest BCUT2D eigenvalue weighted by atomic mass is 9.93. The molecule has 15 N–H and O–H groups in total. The number of unbranched alkanes of at least 4 members (excludes halogenated alkanes) is 1. The number of carbonyl (C=O) groups excluding carboxylic acids is 13. The number of benzene rings is 1. The summed E-state index contributed by atoms with van der Waals surface area (Å²) in [5, 5.41) is 55.3. The molecule has 1 unspecified atom stereocenters. The molecule has 11 atom stereocenters. The third-order valence-corrected chi connectivity index (χ3v) is 20.9. The van der Waals surface area contributed by atoms with Crippen LogP contribution in [0.15, 0.2) is 29.3 Å². The first-order chi connectivity index (χ1) is 53.8. The molecule has 0 saturated carbocycles. The van der Waals surface area contributed by atoms with Crippen molar-refractivity contribution in [3.8, 4) is 5.75 Å². The van der Waals surface area contributed by atoms with Gasteiger partial charge in [0.15, 0.2) is 0 Å². The first-order valence-corrected chi connectivity index (χ1v) is 39.8. The van der Waals surface area contributed by atoms with Crippen molar-refractivity contribution in [1.82, 2.24) is 62.6 Å². The Morgan fingerprint density at radius 3 is 1.80 bits per heavy atom. The quantitative estimate of drug-likeness (QED) is 0.0217. The summed E-state index contributed by atoms with van der Waals surface area (Å²) in [6, 6.07) is -7.00. The van der Waals surface area contributed by atoms with E-state index in [1.54, 1.807) is 26.0 Å². The minimum absolute atomic E-state index is 0.0142. The fourth-order valence-electron chi connectivity index (χ4n) is 12.0. The van der Waals surface area contributed by atoms with Crippen molar-refractivity contribution in [1.29, 1.82) is 0 Å². The number of hydrogen-bond acceptors (Lipinski definition) is 27. The van der Waals surface area contributed by atoms with E-state index < -0.39 is 187 Å². The van der Waals surface area contributed by atoms with Crippen molar-refractivity contribution in [2.45, 2.75) is 131 Å². The maximum atomic E-state index is 15.4. The molecule has 41 heteroatoms. The highest BCUT2D eigenvalue weighted by Crippen LogP contribution is 2.36. The number of methoxy groups -OCH3 is 1. The Hall–Kier alpha value is -8.33. The summed E-state index contributed by atoms with van der Waals surface area (Å²) in [4.78, 5) is 180. The van der Waals surface area contributed by atoms with E-state index in [1.807, 2.05) is 0 Å². The second-order valence-corrected chi connectivity index (χ2v) is 29.1. The van der Waals surface area contributed by atoms with Crippen LogP contribution in [-0.4, -0.2) is 330 Å². The minimum atomic E-state index is -2.46. The van der Waals surface area contributed by atoms with E-state index in [0.717, 1.165) is 9.80 Å². The van der Waals surface area contributed by atoms with Gasteiger partial charge in [0.2, 0.25) is 65.0 Å². The predicted molar refractivity (Wildman–Crippen MR) is 400 cm³/mol. The predicted octanol–water partition coefficient (Wildman–Crippen LogP) is -5.53. The van der Waals surface area contributed by atoms with E-state index in [2.05, 4.69) is 52.8 Å². The van der Waals surface area contributed by atoms with Gasteiger partial charge in [0.1, 0.15) is 47.0 Å². The van der Waals surface area contributed by atoms with Gasteiger partial charge in [0, 0.05) is 86.6 Å². The van der Waals surface area contributed by atoms with Gasteiger partial charge in [-0.15, -0.1) is 0 Å². The number of carbonyl (C=O) groups is 13. The van der Waals surface area contributed by atoms with E-state index in [0.29, 0.717) is 140 Å². The molecule has 6 rings (SSSR count). The average Bonchev–Trinajstić information content (AvgIpc) is 1.61. The number of rotatable bonds is 45. The maximum absolute atomic E-state index is 15.4. The zero-order chi connectivity index (χ0) is 81.5. The number of aromatic amines is 1.